The molecule has 100 valence electrons. The van der Waals surface area contributed by atoms with Crippen molar-refractivity contribution in [1.29, 1.82) is 0 Å². The monoisotopic (exact) mass is 259 g/mol. The highest BCUT2D eigenvalue weighted by molar-refractivity contribution is 5.76. The normalized spacial score (nSPS) is 10.6. The maximum absolute atomic E-state index is 11.6. The van der Waals surface area contributed by atoms with E-state index in [0.29, 0.717) is 19.4 Å². The van der Waals surface area contributed by atoms with E-state index in [1.54, 1.807) is 16.9 Å². The summed E-state index contributed by atoms with van der Waals surface area (Å²) in [6, 6.07) is 0. The molecule has 0 aliphatic rings. The molecule has 0 radical (unpaired) electrons. The first kappa shape index (κ1) is 13.2. The van der Waals surface area contributed by atoms with Crippen molar-refractivity contribution < 1.29 is 4.79 Å². The van der Waals surface area contributed by atoms with E-state index in [1.165, 1.54) is 0 Å². The molecule has 2 rings (SSSR count). The number of nitrogens with zero attached hydrogens (tertiary/aromatic N) is 4. The minimum atomic E-state index is 0.0139. The number of aromatic nitrogens is 4. The van der Waals surface area contributed by atoms with Gasteiger partial charge in [0.25, 0.3) is 0 Å². The molecule has 0 saturated heterocycles. The number of rotatable bonds is 5. The summed E-state index contributed by atoms with van der Waals surface area (Å²) in [6.45, 7) is 7.98. The van der Waals surface area contributed by atoms with Gasteiger partial charge in [0.15, 0.2) is 5.65 Å². The highest BCUT2D eigenvalue weighted by atomic mass is 16.1. The predicted molar refractivity (Wildman–Crippen MR) is 71.8 cm³/mol. The summed E-state index contributed by atoms with van der Waals surface area (Å²) in [4.78, 5) is 11.6. The molecule has 1 N–H and O–H groups in total. The van der Waals surface area contributed by atoms with Crippen molar-refractivity contribution in [2.45, 2.75) is 26.7 Å². The average Bonchev–Trinajstić information content (AvgIpc) is 2.84. The number of hydrogen-bond donors (Lipinski definition) is 1. The first-order valence-corrected chi connectivity index (χ1v) is 6.17. The van der Waals surface area contributed by atoms with Crippen molar-refractivity contribution in [3.8, 4) is 0 Å². The van der Waals surface area contributed by atoms with Crippen molar-refractivity contribution >= 4 is 11.6 Å². The van der Waals surface area contributed by atoms with Crippen LogP contribution in [0.25, 0.3) is 5.65 Å². The molecule has 0 atom stereocenters. The van der Waals surface area contributed by atoms with Gasteiger partial charge in [-0.1, -0.05) is 6.08 Å². The fourth-order valence-electron chi connectivity index (χ4n) is 2.06. The van der Waals surface area contributed by atoms with E-state index in [2.05, 4.69) is 27.2 Å². The van der Waals surface area contributed by atoms with Crippen molar-refractivity contribution in [1.82, 2.24) is 25.1 Å². The van der Waals surface area contributed by atoms with Gasteiger partial charge in [0, 0.05) is 18.5 Å². The summed E-state index contributed by atoms with van der Waals surface area (Å²) in [5.41, 5.74) is 3.74. The molecule has 0 aliphatic carbocycles. The van der Waals surface area contributed by atoms with Crippen molar-refractivity contribution in [3.63, 3.8) is 0 Å². The SMILES string of the molecule is C=CCNC(=O)CCc1c(C)nn2cnnc2c1C. The lowest BCUT2D eigenvalue weighted by atomic mass is 10.0. The summed E-state index contributed by atoms with van der Waals surface area (Å²) >= 11 is 0. The zero-order valence-electron chi connectivity index (χ0n) is 11.2. The van der Waals surface area contributed by atoms with Gasteiger partial charge < -0.3 is 5.32 Å². The van der Waals surface area contributed by atoms with Gasteiger partial charge in [0.1, 0.15) is 6.33 Å². The summed E-state index contributed by atoms with van der Waals surface area (Å²) in [5.74, 6) is 0.0139. The van der Waals surface area contributed by atoms with Gasteiger partial charge >= 0.3 is 0 Å². The van der Waals surface area contributed by atoms with E-state index in [4.69, 9.17) is 0 Å². The van der Waals surface area contributed by atoms with E-state index in [-0.39, 0.29) is 5.91 Å². The number of fused-ring (bicyclic) bond motifs is 1. The van der Waals surface area contributed by atoms with Crippen LogP contribution in [0.2, 0.25) is 0 Å². The number of carbonyl (C=O) groups is 1. The number of amides is 1. The molecule has 2 aromatic heterocycles. The average molecular weight is 259 g/mol. The molecule has 1 amide bonds. The predicted octanol–water partition coefficient (Wildman–Crippen LogP) is 0.976. The van der Waals surface area contributed by atoms with E-state index >= 15 is 0 Å². The molecule has 6 heteroatoms. The minimum absolute atomic E-state index is 0.0139. The third-order valence-corrected chi connectivity index (χ3v) is 3.06. The highest BCUT2D eigenvalue weighted by Crippen LogP contribution is 2.17. The second-order valence-electron chi connectivity index (χ2n) is 4.38. The third-order valence-electron chi connectivity index (χ3n) is 3.06. The lowest BCUT2D eigenvalue weighted by Crippen LogP contribution is -2.23. The summed E-state index contributed by atoms with van der Waals surface area (Å²) in [7, 11) is 0. The second kappa shape index (κ2) is 5.60. The molecule has 2 aromatic rings. The Bertz CT molecular complexity index is 617. The van der Waals surface area contributed by atoms with Gasteiger partial charge in [-0.05, 0) is 25.8 Å². The van der Waals surface area contributed by atoms with Crippen LogP contribution in [0.5, 0.6) is 0 Å². The molecule has 0 bridgehead atoms. The van der Waals surface area contributed by atoms with Crippen molar-refractivity contribution in [2.75, 3.05) is 6.54 Å². The fraction of sp³-hybridized carbons (Fsp3) is 0.385. The van der Waals surface area contributed by atoms with E-state index < -0.39 is 0 Å². The van der Waals surface area contributed by atoms with Gasteiger partial charge in [0.05, 0.1) is 5.69 Å². The molecular weight excluding hydrogens is 242 g/mol. The Kier molecular flexibility index (Phi) is 3.89. The smallest absolute Gasteiger partial charge is 0.220 e. The lowest BCUT2D eigenvalue weighted by molar-refractivity contribution is -0.120. The second-order valence-corrected chi connectivity index (χ2v) is 4.38. The first-order chi connectivity index (χ1) is 9.13. The Hall–Kier alpha value is -2.24. The lowest BCUT2D eigenvalue weighted by Gasteiger charge is -2.09. The number of aryl methyl sites for hydroxylation is 2. The first-order valence-electron chi connectivity index (χ1n) is 6.17. The van der Waals surface area contributed by atoms with Crippen LogP contribution in [0.1, 0.15) is 23.2 Å². The van der Waals surface area contributed by atoms with E-state index in [9.17, 15) is 4.79 Å². The Balaban J connectivity index is 2.16. The van der Waals surface area contributed by atoms with Crippen LogP contribution in [0.3, 0.4) is 0 Å². The molecule has 6 nitrogen and oxygen atoms in total. The molecule has 2 heterocycles. The molecular formula is C13H17N5O. The van der Waals surface area contributed by atoms with Crippen LogP contribution in [0.4, 0.5) is 0 Å². The van der Waals surface area contributed by atoms with Crippen LogP contribution in [0.15, 0.2) is 19.0 Å². The van der Waals surface area contributed by atoms with E-state index in [1.807, 2.05) is 13.8 Å². The Morgan fingerprint density at radius 1 is 1.53 bits per heavy atom. The minimum Gasteiger partial charge on any atom is -0.353 e. The van der Waals surface area contributed by atoms with Gasteiger partial charge in [-0.15, -0.1) is 16.8 Å². The summed E-state index contributed by atoms with van der Waals surface area (Å²) < 4.78 is 1.66. The van der Waals surface area contributed by atoms with Gasteiger partial charge in [-0.25, -0.2) is 4.52 Å². The zero-order chi connectivity index (χ0) is 13.8. The standard InChI is InChI=1S/C13H17N5O/c1-4-7-14-12(19)6-5-11-9(2)13-16-15-8-18(13)17-10(11)3/h4,8H,1,5-7H2,2-3H3,(H,14,19). The van der Waals surface area contributed by atoms with Crippen LogP contribution >= 0.6 is 0 Å². The molecule has 0 fully saturated rings. The molecule has 0 aliphatic heterocycles. The largest absolute Gasteiger partial charge is 0.353 e. The van der Waals surface area contributed by atoms with Crippen LogP contribution in [-0.2, 0) is 11.2 Å². The number of hydrogen-bond acceptors (Lipinski definition) is 4. The quantitative estimate of drug-likeness (QED) is 0.812. The maximum atomic E-state index is 11.6. The molecule has 19 heavy (non-hydrogen) atoms. The summed E-state index contributed by atoms with van der Waals surface area (Å²) in [6.07, 6.45) is 4.33. The van der Waals surface area contributed by atoms with Crippen molar-refractivity contribution in [2.24, 2.45) is 0 Å². The Morgan fingerprint density at radius 2 is 2.32 bits per heavy atom. The number of nitrogens with one attached hydrogen (secondary N) is 1. The van der Waals surface area contributed by atoms with Gasteiger partial charge in [-0.3, -0.25) is 4.79 Å². The third kappa shape index (κ3) is 2.78. The maximum Gasteiger partial charge on any atom is 0.220 e. The van der Waals surface area contributed by atoms with Gasteiger partial charge in [0.2, 0.25) is 5.91 Å². The van der Waals surface area contributed by atoms with Crippen LogP contribution in [-0.4, -0.2) is 32.3 Å². The zero-order valence-corrected chi connectivity index (χ0v) is 11.2. The molecule has 0 spiro atoms. The summed E-state index contributed by atoms with van der Waals surface area (Å²) in [5, 5.41) is 15.0. The van der Waals surface area contributed by atoms with Crippen LogP contribution < -0.4 is 5.32 Å². The van der Waals surface area contributed by atoms with Crippen LogP contribution in [0, 0.1) is 13.8 Å². The Morgan fingerprint density at radius 3 is 3.05 bits per heavy atom. The number of carbonyl (C=O) groups excluding carboxylic acids is 1. The molecule has 0 unspecified atom stereocenters. The van der Waals surface area contributed by atoms with E-state index in [0.717, 1.165) is 22.5 Å². The van der Waals surface area contributed by atoms with Crippen molar-refractivity contribution in [3.05, 3.63) is 35.8 Å². The topological polar surface area (TPSA) is 72.2 Å². The fourth-order valence-corrected chi connectivity index (χ4v) is 2.06. The Labute approximate surface area is 111 Å². The molecule has 0 saturated carbocycles. The molecule has 0 aromatic carbocycles. The highest BCUT2D eigenvalue weighted by Gasteiger charge is 2.12. The van der Waals surface area contributed by atoms with Gasteiger partial charge in [-0.2, -0.15) is 5.10 Å².